The van der Waals surface area contributed by atoms with Crippen LogP contribution in [-0.4, -0.2) is 33.0 Å². The van der Waals surface area contributed by atoms with Gasteiger partial charge in [-0.05, 0) is 50.5 Å². The monoisotopic (exact) mass is 309 g/mol. The quantitative estimate of drug-likeness (QED) is 0.839. The smallest absolute Gasteiger partial charge is 0.178 e. The van der Waals surface area contributed by atoms with Crippen LogP contribution in [0.15, 0.2) is 29.2 Å². The van der Waals surface area contributed by atoms with E-state index in [2.05, 4.69) is 4.90 Å². The van der Waals surface area contributed by atoms with Crippen LogP contribution in [0.4, 0.5) is 5.69 Å². The van der Waals surface area contributed by atoms with E-state index in [1.54, 1.807) is 19.1 Å². The summed E-state index contributed by atoms with van der Waals surface area (Å²) in [7, 11) is -3.14. The van der Waals surface area contributed by atoms with Gasteiger partial charge in [-0.25, -0.2) is 8.42 Å². The Labute approximate surface area is 127 Å². The number of Topliss-reactive ketones (excluding diaryl/α,β-unsaturated/α-hetero) is 1. The van der Waals surface area contributed by atoms with Crippen molar-refractivity contribution in [1.29, 1.82) is 0 Å². The first-order chi connectivity index (χ1) is 9.94. The van der Waals surface area contributed by atoms with Crippen LogP contribution in [0.25, 0.3) is 0 Å². The van der Waals surface area contributed by atoms with Crippen molar-refractivity contribution in [3.8, 4) is 0 Å². The lowest BCUT2D eigenvalue weighted by molar-refractivity contribution is -0.121. The lowest BCUT2D eigenvalue weighted by Gasteiger charge is -2.32. The van der Waals surface area contributed by atoms with Gasteiger partial charge in [0.25, 0.3) is 0 Å². The Morgan fingerprint density at radius 2 is 1.76 bits per heavy atom. The van der Waals surface area contributed by atoms with Crippen molar-refractivity contribution >= 4 is 21.3 Å². The molecule has 4 nitrogen and oxygen atoms in total. The number of nitrogens with zero attached hydrogens (tertiary/aromatic N) is 1. The molecule has 0 aromatic heterocycles. The van der Waals surface area contributed by atoms with Gasteiger partial charge in [0.15, 0.2) is 9.84 Å². The number of hydrogen-bond acceptors (Lipinski definition) is 4. The van der Waals surface area contributed by atoms with Crippen LogP contribution in [0.5, 0.6) is 0 Å². The maximum atomic E-state index is 12.0. The van der Waals surface area contributed by atoms with E-state index in [1.807, 2.05) is 19.1 Å². The van der Waals surface area contributed by atoms with Crippen LogP contribution in [0.2, 0.25) is 0 Å². The van der Waals surface area contributed by atoms with Crippen molar-refractivity contribution < 1.29 is 13.2 Å². The molecule has 1 aliphatic rings. The summed E-state index contributed by atoms with van der Waals surface area (Å²) in [5.74, 6) is 0.650. The van der Waals surface area contributed by atoms with Crippen molar-refractivity contribution in [3.63, 3.8) is 0 Å². The molecule has 21 heavy (non-hydrogen) atoms. The van der Waals surface area contributed by atoms with Gasteiger partial charge < -0.3 is 4.90 Å². The Morgan fingerprint density at radius 1 is 1.19 bits per heavy atom. The highest BCUT2D eigenvalue weighted by Gasteiger charge is 2.22. The fourth-order valence-electron chi connectivity index (χ4n) is 2.80. The van der Waals surface area contributed by atoms with Gasteiger partial charge in [0, 0.05) is 24.7 Å². The largest absolute Gasteiger partial charge is 0.371 e. The molecule has 0 bridgehead atoms. The number of carbonyl (C=O) groups excluding carboxylic acids is 1. The van der Waals surface area contributed by atoms with Crippen LogP contribution < -0.4 is 4.90 Å². The van der Waals surface area contributed by atoms with E-state index < -0.39 is 9.84 Å². The van der Waals surface area contributed by atoms with Gasteiger partial charge in [-0.2, -0.15) is 0 Å². The number of piperidine rings is 1. The number of anilines is 1. The summed E-state index contributed by atoms with van der Waals surface area (Å²) in [6.45, 7) is 5.23. The topological polar surface area (TPSA) is 54.5 Å². The number of rotatable bonds is 5. The van der Waals surface area contributed by atoms with E-state index in [9.17, 15) is 13.2 Å². The zero-order valence-electron chi connectivity index (χ0n) is 12.7. The SMILES string of the molecule is CCCS(=O)(=O)c1ccc(N2CCC(C(C)=O)CC2)cc1. The predicted octanol–water partition coefficient (Wildman–Crippen LogP) is 2.68. The molecule has 0 spiro atoms. The highest BCUT2D eigenvalue weighted by molar-refractivity contribution is 7.91. The molecule has 5 heteroatoms. The number of benzene rings is 1. The summed E-state index contributed by atoms with van der Waals surface area (Å²) in [6.07, 6.45) is 2.39. The maximum Gasteiger partial charge on any atom is 0.178 e. The Morgan fingerprint density at radius 3 is 2.24 bits per heavy atom. The maximum absolute atomic E-state index is 12.0. The third kappa shape index (κ3) is 3.84. The first kappa shape index (κ1) is 16.0. The zero-order valence-corrected chi connectivity index (χ0v) is 13.5. The average molecular weight is 309 g/mol. The molecule has 116 valence electrons. The second-order valence-corrected chi connectivity index (χ2v) is 7.79. The molecule has 1 heterocycles. The molecule has 0 unspecified atom stereocenters. The minimum Gasteiger partial charge on any atom is -0.371 e. The number of ketones is 1. The van der Waals surface area contributed by atoms with Gasteiger partial charge in [0.05, 0.1) is 10.6 Å². The third-order valence-electron chi connectivity index (χ3n) is 4.10. The van der Waals surface area contributed by atoms with Crippen LogP contribution >= 0.6 is 0 Å². The van der Waals surface area contributed by atoms with E-state index in [-0.39, 0.29) is 17.5 Å². The van der Waals surface area contributed by atoms with Crippen LogP contribution in [-0.2, 0) is 14.6 Å². The summed E-state index contributed by atoms with van der Waals surface area (Å²) < 4.78 is 24.0. The van der Waals surface area contributed by atoms with Crippen molar-refractivity contribution in [2.75, 3.05) is 23.7 Å². The minimum absolute atomic E-state index is 0.186. The Hall–Kier alpha value is -1.36. The molecule has 0 amide bonds. The Balaban J connectivity index is 2.05. The molecule has 0 N–H and O–H groups in total. The highest BCUT2D eigenvalue weighted by atomic mass is 32.2. The zero-order chi connectivity index (χ0) is 15.5. The lowest BCUT2D eigenvalue weighted by Crippen LogP contribution is -2.35. The lowest BCUT2D eigenvalue weighted by atomic mass is 9.93. The van der Waals surface area contributed by atoms with Gasteiger partial charge >= 0.3 is 0 Å². The summed E-state index contributed by atoms with van der Waals surface area (Å²) in [5, 5.41) is 0. The van der Waals surface area contributed by atoms with Crippen molar-refractivity contribution in [3.05, 3.63) is 24.3 Å². The van der Waals surface area contributed by atoms with E-state index in [4.69, 9.17) is 0 Å². The van der Waals surface area contributed by atoms with Crippen molar-refractivity contribution in [2.24, 2.45) is 5.92 Å². The second kappa shape index (κ2) is 6.60. The molecule has 0 atom stereocenters. The van der Waals surface area contributed by atoms with Crippen molar-refractivity contribution in [1.82, 2.24) is 0 Å². The van der Waals surface area contributed by atoms with Gasteiger partial charge in [-0.1, -0.05) is 6.92 Å². The van der Waals surface area contributed by atoms with E-state index in [1.165, 1.54) is 0 Å². The van der Waals surface area contributed by atoms with Gasteiger partial charge in [-0.15, -0.1) is 0 Å². The van der Waals surface area contributed by atoms with Gasteiger partial charge in [0.2, 0.25) is 0 Å². The molecular weight excluding hydrogens is 286 g/mol. The summed E-state index contributed by atoms with van der Waals surface area (Å²) >= 11 is 0. The molecule has 0 radical (unpaired) electrons. The van der Waals surface area contributed by atoms with Gasteiger partial charge in [-0.3, -0.25) is 4.79 Å². The fourth-order valence-corrected chi connectivity index (χ4v) is 4.12. The predicted molar refractivity (Wildman–Crippen MR) is 84.4 cm³/mol. The molecule has 1 fully saturated rings. The molecule has 1 saturated heterocycles. The first-order valence-corrected chi connectivity index (χ1v) is 9.17. The van der Waals surface area contributed by atoms with Crippen LogP contribution in [0, 0.1) is 5.92 Å². The van der Waals surface area contributed by atoms with Crippen LogP contribution in [0.3, 0.4) is 0 Å². The van der Waals surface area contributed by atoms with Gasteiger partial charge in [0.1, 0.15) is 5.78 Å². The number of hydrogen-bond donors (Lipinski definition) is 0. The summed E-state index contributed by atoms with van der Waals surface area (Å²) in [5.41, 5.74) is 1.03. The molecule has 0 saturated carbocycles. The first-order valence-electron chi connectivity index (χ1n) is 7.52. The molecule has 0 aliphatic carbocycles. The molecule has 1 aromatic carbocycles. The second-order valence-electron chi connectivity index (χ2n) is 5.68. The summed E-state index contributed by atoms with van der Waals surface area (Å²) in [4.78, 5) is 14.0. The van der Waals surface area contributed by atoms with E-state index in [0.29, 0.717) is 11.3 Å². The minimum atomic E-state index is -3.14. The standard InChI is InChI=1S/C16H23NO3S/c1-3-12-21(19,20)16-6-4-15(5-7-16)17-10-8-14(9-11-17)13(2)18/h4-7,14H,3,8-12H2,1-2H3. The highest BCUT2D eigenvalue weighted by Crippen LogP contribution is 2.25. The normalized spacial score (nSPS) is 17.0. The average Bonchev–Trinajstić information content (AvgIpc) is 2.47. The fraction of sp³-hybridized carbons (Fsp3) is 0.562. The van der Waals surface area contributed by atoms with Crippen LogP contribution in [0.1, 0.15) is 33.1 Å². The van der Waals surface area contributed by atoms with E-state index in [0.717, 1.165) is 31.6 Å². The molecule has 1 aromatic rings. The molecular formula is C16H23NO3S. The molecule has 2 rings (SSSR count). The van der Waals surface area contributed by atoms with Crippen molar-refractivity contribution in [2.45, 2.75) is 38.0 Å². The number of sulfone groups is 1. The summed E-state index contributed by atoms with van der Waals surface area (Å²) in [6, 6.07) is 7.13. The number of carbonyl (C=O) groups is 1. The van der Waals surface area contributed by atoms with E-state index >= 15 is 0 Å². The third-order valence-corrected chi connectivity index (χ3v) is 6.04. The Kier molecular flexibility index (Phi) is 5.04. The Bertz CT molecular complexity index is 584. The molecule has 1 aliphatic heterocycles.